The highest BCUT2D eigenvalue weighted by atomic mass is 19.1. The number of aromatic nitrogens is 6. The van der Waals surface area contributed by atoms with E-state index >= 15 is 4.39 Å². The normalized spacial score (nSPS) is 17.7. The summed E-state index contributed by atoms with van der Waals surface area (Å²) in [5.74, 6) is -0.660. The zero-order chi connectivity index (χ0) is 62.3. The molecule has 6 aromatic rings. The Morgan fingerprint density at radius 3 is 2.08 bits per heavy atom. The summed E-state index contributed by atoms with van der Waals surface area (Å²) in [6.07, 6.45) is 13.3. The monoisotopic (exact) mass is 1220 g/mol. The Labute approximate surface area is 517 Å². The lowest BCUT2D eigenvalue weighted by molar-refractivity contribution is -0.141. The number of piperidine rings is 5. The van der Waals surface area contributed by atoms with E-state index in [1.807, 2.05) is 34.1 Å². The molecule has 0 unspecified atom stereocenters. The van der Waals surface area contributed by atoms with Gasteiger partial charge in [-0.05, 0) is 137 Å². The molecule has 0 aliphatic carbocycles. The van der Waals surface area contributed by atoms with Gasteiger partial charge in [0.2, 0.25) is 29.5 Å². The fourth-order valence-electron chi connectivity index (χ4n) is 13.7. The number of nitrogens with zero attached hydrogens (tertiary/aromatic N) is 12. The van der Waals surface area contributed by atoms with Crippen LogP contribution >= 0.6 is 0 Å². The zero-order valence-electron chi connectivity index (χ0n) is 51.3. The minimum absolute atomic E-state index is 0.00862. The van der Waals surface area contributed by atoms with E-state index in [9.17, 15) is 33.6 Å². The number of nitrogens with two attached hydrogens (primary N) is 1. The predicted molar refractivity (Wildman–Crippen MR) is 333 cm³/mol. The van der Waals surface area contributed by atoms with E-state index in [4.69, 9.17) is 15.8 Å². The average molecular weight is 1220 g/mol. The number of benzene rings is 3. The molecule has 5 saturated heterocycles. The Morgan fingerprint density at radius 1 is 0.742 bits per heavy atom. The minimum atomic E-state index is -0.633. The summed E-state index contributed by atoms with van der Waals surface area (Å²) >= 11 is 0. The average Bonchev–Trinajstić information content (AvgIpc) is 1.74. The van der Waals surface area contributed by atoms with Gasteiger partial charge in [0.05, 0.1) is 42.8 Å². The number of aryl methyl sites for hydroxylation is 1. The molecular formula is C65H82FN15O8. The molecule has 3 aromatic carbocycles. The molecule has 0 spiro atoms. The Bertz CT molecular complexity index is 3570. The zero-order valence-corrected chi connectivity index (χ0v) is 51.3. The number of carbonyl (C=O) groups is 7. The number of rotatable bonds is 19. The number of likely N-dealkylation sites (N-methyl/N-ethyl adjacent to an activating group) is 1. The van der Waals surface area contributed by atoms with Gasteiger partial charge in [-0.3, -0.25) is 42.9 Å². The van der Waals surface area contributed by atoms with E-state index in [1.165, 1.54) is 37.1 Å². The summed E-state index contributed by atoms with van der Waals surface area (Å²) in [7, 11) is 4.50. The lowest BCUT2D eigenvalue weighted by atomic mass is 9.87. The van der Waals surface area contributed by atoms with Gasteiger partial charge in [0.15, 0.2) is 11.5 Å². The van der Waals surface area contributed by atoms with Gasteiger partial charge >= 0.3 is 5.97 Å². The molecule has 5 aliphatic rings. The molecule has 8 heterocycles. The molecule has 4 N–H and O–H groups in total. The standard InChI is InChI=1S/C65H82FN15O8/c1-74(40-55(82)68-38-59(86)89-3)58(85)41-81-52-9-7-8-49(50-35-53-47(34-51(50)66)36-70-75(53)2)60(52)61(73-81)45-22-30-79(31-23-45)57(84)15-14-56(83)78-28-16-42(17-29-78)39-76-26-18-46(19-27-76)65(88)80-32-20-44(21-33-80)43-10-12-48(13-11-43)71-64-62(63(67)87)69-37-54(72-64)77-24-5-4-6-25-77/h7-13,34-37,42,44-46H,4-6,14-33,38-41H2,1-3H3,(H2,67,87)(H,68,82)(H,71,72). The van der Waals surface area contributed by atoms with E-state index in [2.05, 4.69) is 52.3 Å². The van der Waals surface area contributed by atoms with Crippen molar-refractivity contribution in [2.75, 3.05) is 109 Å². The number of ether oxygens (including phenoxy) is 1. The van der Waals surface area contributed by atoms with E-state index in [0.717, 1.165) is 114 Å². The second-order valence-corrected chi connectivity index (χ2v) is 24.7. The van der Waals surface area contributed by atoms with Crippen molar-refractivity contribution in [1.82, 2.24) is 59.3 Å². The number of methoxy groups -OCH3 is 1. The van der Waals surface area contributed by atoms with Crippen LogP contribution in [0.1, 0.15) is 117 Å². The van der Waals surface area contributed by atoms with Gasteiger partial charge in [-0.25, -0.2) is 14.4 Å². The number of fused-ring (bicyclic) bond motifs is 2. The Balaban J connectivity index is 0.613. The van der Waals surface area contributed by atoms with E-state index in [-0.39, 0.29) is 67.7 Å². The molecule has 0 atom stereocenters. The molecule has 11 rings (SSSR count). The summed E-state index contributed by atoms with van der Waals surface area (Å²) in [4.78, 5) is 112. The summed E-state index contributed by atoms with van der Waals surface area (Å²) < 4.78 is 24.0. The third-order valence-electron chi connectivity index (χ3n) is 19.0. The van der Waals surface area contributed by atoms with Gasteiger partial charge in [-0.15, -0.1) is 0 Å². The first kappa shape index (κ1) is 62.1. The number of hydrogen-bond donors (Lipinski definition) is 3. The second kappa shape index (κ2) is 27.9. The molecule has 5 fully saturated rings. The largest absolute Gasteiger partial charge is 0.468 e. The molecule has 472 valence electrons. The minimum Gasteiger partial charge on any atom is -0.468 e. The third kappa shape index (κ3) is 14.5. The number of amides is 6. The van der Waals surface area contributed by atoms with Gasteiger partial charge in [-0.1, -0.05) is 24.3 Å². The van der Waals surface area contributed by atoms with E-state index in [0.29, 0.717) is 89.8 Å². The first-order chi connectivity index (χ1) is 43.1. The van der Waals surface area contributed by atoms with Crippen molar-refractivity contribution >= 4 is 80.5 Å². The number of primary amides is 1. The van der Waals surface area contributed by atoms with Crippen LogP contribution in [0.2, 0.25) is 0 Å². The molecule has 24 heteroatoms. The van der Waals surface area contributed by atoms with Gasteiger partial charge in [0, 0.05) is 120 Å². The number of esters is 1. The molecule has 23 nitrogen and oxygen atoms in total. The maximum atomic E-state index is 16.1. The van der Waals surface area contributed by atoms with Crippen molar-refractivity contribution in [3.8, 4) is 11.1 Å². The Morgan fingerprint density at radius 2 is 1.40 bits per heavy atom. The SMILES string of the molecule is COC(=O)CNC(=O)CN(C)C(=O)Cn1nc(C2CCN(C(=O)CCC(=O)N3CCC(CN4CCC(C(=O)N5CCC(c6ccc(Nc7nc(N8CCCCC8)cnc7C(N)=O)cc6)CC5)CC4)CC3)CC2)c2c(-c3cc4c(cnn4C)cc3F)cccc21. The highest BCUT2D eigenvalue weighted by Gasteiger charge is 2.35. The van der Waals surface area contributed by atoms with Crippen LogP contribution in [0, 0.1) is 17.7 Å². The Hall–Kier alpha value is -8.54. The van der Waals surface area contributed by atoms with Crippen LogP contribution in [0.15, 0.2) is 67.0 Å². The van der Waals surface area contributed by atoms with E-state index < -0.39 is 29.5 Å². The van der Waals surface area contributed by atoms with Crippen LogP contribution in [0.5, 0.6) is 0 Å². The maximum absolute atomic E-state index is 16.1. The molecule has 3 aromatic heterocycles. The highest BCUT2D eigenvalue weighted by Crippen LogP contribution is 2.41. The Kier molecular flexibility index (Phi) is 19.4. The van der Waals surface area contributed by atoms with Gasteiger partial charge < -0.3 is 50.5 Å². The maximum Gasteiger partial charge on any atom is 0.325 e. The second-order valence-electron chi connectivity index (χ2n) is 24.7. The first-order valence-corrected chi connectivity index (χ1v) is 31.6. The predicted octanol–water partition coefficient (Wildman–Crippen LogP) is 5.94. The molecule has 5 aliphatic heterocycles. The van der Waals surface area contributed by atoms with Gasteiger partial charge in [-0.2, -0.15) is 10.2 Å². The number of hydrogen-bond acceptors (Lipinski definition) is 15. The quantitative estimate of drug-likeness (QED) is 0.0793. The van der Waals surface area contributed by atoms with Crippen LogP contribution in [0.3, 0.4) is 0 Å². The molecule has 0 bridgehead atoms. The van der Waals surface area contributed by atoms with Crippen molar-refractivity contribution in [2.24, 2.45) is 24.6 Å². The van der Waals surface area contributed by atoms with Crippen LogP contribution in [0.25, 0.3) is 32.9 Å². The number of anilines is 3. The summed E-state index contributed by atoms with van der Waals surface area (Å²) in [6.45, 7) is 7.36. The lowest BCUT2D eigenvalue weighted by Gasteiger charge is -2.39. The van der Waals surface area contributed by atoms with Gasteiger partial charge in [0.25, 0.3) is 5.91 Å². The number of halogens is 1. The van der Waals surface area contributed by atoms with Crippen molar-refractivity contribution in [3.63, 3.8) is 0 Å². The molecule has 6 amide bonds. The first-order valence-electron chi connectivity index (χ1n) is 31.6. The van der Waals surface area contributed by atoms with Crippen LogP contribution in [-0.4, -0.2) is 195 Å². The number of nitrogens with one attached hydrogen (secondary N) is 2. The highest BCUT2D eigenvalue weighted by molar-refractivity contribution is 6.00. The van der Waals surface area contributed by atoms with Crippen LogP contribution < -0.4 is 21.3 Å². The van der Waals surface area contributed by atoms with Crippen LogP contribution in [0.4, 0.5) is 21.7 Å². The van der Waals surface area contributed by atoms with Gasteiger partial charge in [0.1, 0.15) is 24.7 Å². The molecule has 0 saturated carbocycles. The molecule has 0 radical (unpaired) electrons. The van der Waals surface area contributed by atoms with Crippen molar-refractivity contribution in [1.29, 1.82) is 0 Å². The summed E-state index contributed by atoms with van der Waals surface area (Å²) in [5, 5.41) is 16.4. The molecule has 89 heavy (non-hydrogen) atoms. The van der Waals surface area contributed by atoms with E-state index in [1.54, 1.807) is 40.9 Å². The number of carbonyl (C=O) groups excluding carboxylic acids is 7. The van der Waals surface area contributed by atoms with Crippen molar-refractivity contribution in [2.45, 2.75) is 102 Å². The topological polar surface area (TPSA) is 260 Å². The fraction of sp³-hybridized carbons (Fsp3) is 0.523. The lowest BCUT2D eigenvalue weighted by Crippen LogP contribution is -2.47. The smallest absolute Gasteiger partial charge is 0.325 e. The molecular weight excluding hydrogens is 1140 g/mol. The summed E-state index contributed by atoms with van der Waals surface area (Å²) in [6, 6.07) is 16.9. The third-order valence-corrected chi connectivity index (χ3v) is 19.0. The van der Waals surface area contributed by atoms with Crippen molar-refractivity contribution in [3.05, 3.63) is 89.8 Å². The summed E-state index contributed by atoms with van der Waals surface area (Å²) in [5.41, 5.74) is 10.8. The van der Waals surface area contributed by atoms with Crippen molar-refractivity contribution < 1.29 is 42.7 Å². The fourth-order valence-corrected chi connectivity index (χ4v) is 13.7. The van der Waals surface area contributed by atoms with Crippen LogP contribution in [-0.2, 0) is 47.1 Å². The number of likely N-dealkylation sites (tertiary alicyclic amines) is 4.